The lowest BCUT2D eigenvalue weighted by Gasteiger charge is -2.64. The van der Waals surface area contributed by atoms with Gasteiger partial charge in [0.25, 0.3) is 0 Å². The molecule has 9 heteroatoms. The highest BCUT2D eigenvalue weighted by atomic mass is 79.9. The molecule has 1 saturated carbocycles. The Kier molecular flexibility index (Phi) is 6.33. The Labute approximate surface area is 234 Å². The third kappa shape index (κ3) is 3.66. The molecule has 200 valence electrons. The lowest BCUT2D eigenvalue weighted by molar-refractivity contribution is -0.198. The fourth-order valence-electron chi connectivity index (χ4n) is 7.46. The predicted molar refractivity (Wildman–Crippen MR) is 150 cm³/mol. The molecule has 6 rings (SSSR count). The second kappa shape index (κ2) is 9.33. The van der Waals surface area contributed by atoms with Crippen LogP contribution in [0, 0.1) is 0 Å². The fourth-order valence-corrected chi connectivity index (χ4v) is 8.80. The van der Waals surface area contributed by atoms with Crippen molar-refractivity contribution in [2.24, 2.45) is 0 Å². The second-order valence-corrected chi connectivity index (χ2v) is 12.6. The van der Waals surface area contributed by atoms with E-state index in [0.29, 0.717) is 43.7 Å². The molecule has 1 spiro atoms. The summed E-state index contributed by atoms with van der Waals surface area (Å²) in [5.41, 5.74) is 0.335. The van der Waals surface area contributed by atoms with Gasteiger partial charge in [0.15, 0.2) is 11.5 Å². The third-order valence-electron chi connectivity index (χ3n) is 8.97. The molecule has 7 nitrogen and oxygen atoms in total. The summed E-state index contributed by atoms with van der Waals surface area (Å²) in [5.74, 6) is 0.391. The molecule has 2 bridgehead atoms. The zero-order valence-electron chi connectivity index (χ0n) is 21.5. The maximum absolute atomic E-state index is 13.4. The summed E-state index contributed by atoms with van der Waals surface area (Å²) in [5, 5.41) is 14.6. The van der Waals surface area contributed by atoms with E-state index < -0.39 is 23.1 Å². The molecule has 0 unspecified atom stereocenters. The van der Waals surface area contributed by atoms with E-state index in [1.165, 1.54) is 6.92 Å². The maximum Gasteiger partial charge on any atom is 0.308 e. The second-order valence-electron chi connectivity index (χ2n) is 10.8. The van der Waals surface area contributed by atoms with Crippen molar-refractivity contribution in [1.29, 1.82) is 0 Å². The smallest absolute Gasteiger partial charge is 0.308 e. The third-order valence-corrected chi connectivity index (χ3v) is 10.6. The van der Waals surface area contributed by atoms with Gasteiger partial charge in [-0.05, 0) is 71.9 Å². The summed E-state index contributed by atoms with van der Waals surface area (Å²) >= 11 is 5.02. The highest BCUT2D eigenvalue weighted by molar-refractivity contribution is 9.10. The van der Waals surface area contributed by atoms with Crippen molar-refractivity contribution in [2.75, 3.05) is 20.1 Å². The Morgan fingerprint density at radius 2 is 2.21 bits per heavy atom. The van der Waals surface area contributed by atoms with Crippen LogP contribution in [0.25, 0.3) is 6.08 Å². The van der Waals surface area contributed by atoms with Crippen molar-refractivity contribution in [3.8, 4) is 11.5 Å². The first-order valence-electron chi connectivity index (χ1n) is 13.0. The summed E-state index contributed by atoms with van der Waals surface area (Å²) in [7, 11) is 1.82. The van der Waals surface area contributed by atoms with Crippen molar-refractivity contribution in [3.63, 3.8) is 0 Å². The highest BCUT2D eigenvalue weighted by Crippen LogP contribution is 2.65. The average molecular weight is 600 g/mol. The number of hydrogen-bond donors (Lipinski definition) is 1. The van der Waals surface area contributed by atoms with Gasteiger partial charge in [0, 0.05) is 52.9 Å². The minimum absolute atomic E-state index is 0.0856. The van der Waals surface area contributed by atoms with Crippen molar-refractivity contribution < 1.29 is 24.2 Å². The van der Waals surface area contributed by atoms with Gasteiger partial charge in [-0.2, -0.15) is 0 Å². The molecule has 1 N–H and O–H groups in total. The molecule has 38 heavy (non-hydrogen) atoms. The highest BCUT2D eigenvalue weighted by Gasteiger charge is 2.73. The standard InChI is InChI=1S/C29H31BrN2O5S/c1-4-12-32-13-11-28-25-18-5-7-22(36-17(2)33)26(25)37-27(28)21(9-10-29(28,35)23(32)14-18)31(3)24(34)8-6-20-15-19(30)16-38-20/h4-8,15-16,21,23,27,35H,1,9-14H2,2-3H3/b8-6+/t21-,23+,27-,28-,29+/m0/s1. The molecule has 3 heterocycles. The normalized spacial score (nSPS) is 31.0. The quantitative estimate of drug-likeness (QED) is 0.231. The Morgan fingerprint density at radius 1 is 1.39 bits per heavy atom. The van der Waals surface area contributed by atoms with Gasteiger partial charge < -0.3 is 19.5 Å². The van der Waals surface area contributed by atoms with Crippen LogP contribution in [0.15, 0.2) is 46.8 Å². The van der Waals surface area contributed by atoms with Crippen molar-refractivity contribution in [1.82, 2.24) is 9.80 Å². The van der Waals surface area contributed by atoms with Gasteiger partial charge in [-0.1, -0.05) is 12.1 Å². The number of carbonyl (C=O) groups is 2. The average Bonchev–Trinajstić information content (AvgIpc) is 3.45. The van der Waals surface area contributed by atoms with Gasteiger partial charge in [0.2, 0.25) is 5.91 Å². The van der Waals surface area contributed by atoms with Gasteiger partial charge in [-0.15, -0.1) is 17.9 Å². The molecule has 2 aliphatic carbocycles. The van der Waals surface area contributed by atoms with Crippen LogP contribution in [-0.2, 0) is 21.4 Å². The number of esters is 1. The first kappa shape index (κ1) is 25.8. The molecule has 2 fully saturated rings. The lowest BCUT2D eigenvalue weighted by atomic mass is 9.48. The number of piperidine rings is 1. The summed E-state index contributed by atoms with van der Waals surface area (Å²) in [6.07, 6.45) is 7.38. The molecule has 2 aliphatic heterocycles. The molecule has 1 aromatic heterocycles. The number of benzene rings is 1. The van der Waals surface area contributed by atoms with Crippen molar-refractivity contribution in [2.45, 2.75) is 61.8 Å². The predicted octanol–water partition coefficient (Wildman–Crippen LogP) is 4.32. The lowest BCUT2D eigenvalue weighted by Crippen LogP contribution is -2.78. The number of likely N-dealkylation sites (N-methyl/N-ethyl adjacent to an activating group) is 1. The van der Waals surface area contributed by atoms with E-state index in [1.807, 2.05) is 36.7 Å². The SMILES string of the molecule is C=CCN1CC[C@]23c4c5ccc(OC(C)=O)c4O[C@H]2[C@@H](N(C)C(=O)/C=C/c2cc(Br)cs2)CC[C@@]3(O)[C@H]1C5. The number of rotatable bonds is 6. The van der Waals surface area contributed by atoms with Gasteiger partial charge in [-0.3, -0.25) is 14.5 Å². The zero-order chi connectivity index (χ0) is 26.8. The molecular weight excluding hydrogens is 568 g/mol. The molecule has 5 atom stereocenters. The number of carbonyl (C=O) groups excluding carboxylic acids is 2. The Morgan fingerprint density at radius 3 is 2.92 bits per heavy atom. The van der Waals surface area contributed by atoms with E-state index in [4.69, 9.17) is 9.47 Å². The molecule has 1 aromatic carbocycles. The van der Waals surface area contributed by atoms with E-state index in [1.54, 1.807) is 28.4 Å². The molecular formula is C29H31BrN2O5S. The number of likely N-dealkylation sites (tertiary alicyclic amines) is 1. The van der Waals surface area contributed by atoms with E-state index in [2.05, 4.69) is 27.4 Å². The molecule has 0 radical (unpaired) electrons. The van der Waals surface area contributed by atoms with Gasteiger partial charge >= 0.3 is 5.97 Å². The van der Waals surface area contributed by atoms with Crippen LogP contribution < -0.4 is 9.47 Å². The van der Waals surface area contributed by atoms with Crippen LogP contribution in [0.4, 0.5) is 0 Å². The van der Waals surface area contributed by atoms with E-state index >= 15 is 0 Å². The molecule has 1 saturated heterocycles. The number of thiophene rings is 1. The largest absolute Gasteiger partial charge is 0.483 e. The minimum Gasteiger partial charge on any atom is -0.483 e. The minimum atomic E-state index is -1.04. The van der Waals surface area contributed by atoms with Crippen LogP contribution in [0.5, 0.6) is 11.5 Å². The number of ether oxygens (including phenoxy) is 2. The van der Waals surface area contributed by atoms with Crippen molar-refractivity contribution >= 4 is 45.2 Å². The molecule has 2 aromatic rings. The summed E-state index contributed by atoms with van der Waals surface area (Å²) < 4.78 is 13.3. The molecule has 1 amide bonds. The summed E-state index contributed by atoms with van der Waals surface area (Å²) in [4.78, 5) is 30.4. The van der Waals surface area contributed by atoms with Gasteiger partial charge in [0.05, 0.1) is 17.1 Å². The molecule has 4 aliphatic rings. The van der Waals surface area contributed by atoms with E-state index in [0.717, 1.165) is 27.0 Å². The Bertz CT molecular complexity index is 1360. The fraction of sp³-hybridized carbons (Fsp3) is 0.448. The number of halogens is 1. The van der Waals surface area contributed by atoms with Crippen molar-refractivity contribution in [3.05, 3.63) is 62.8 Å². The van der Waals surface area contributed by atoms with Gasteiger partial charge in [-0.25, -0.2) is 0 Å². The Hall–Kier alpha value is -2.46. The zero-order valence-corrected chi connectivity index (χ0v) is 23.9. The van der Waals surface area contributed by atoms with Crippen LogP contribution in [-0.4, -0.2) is 70.7 Å². The summed E-state index contributed by atoms with van der Waals surface area (Å²) in [6, 6.07) is 5.44. The number of amides is 1. The topological polar surface area (TPSA) is 79.3 Å². The first-order chi connectivity index (χ1) is 18.2. The number of aliphatic hydroxyl groups is 1. The van der Waals surface area contributed by atoms with Crippen LogP contribution >= 0.6 is 27.3 Å². The maximum atomic E-state index is 13.4. The monoisotopic (exact) mass is 598 g/mol. The summed E-state index contributed by atoms with van der Waals surface area (Å²) in [6.45, 7) is 6.80. The van der Waals surface area contributed by atoms with E-state index in [-0.39, 0.29) is 18.0 Å². The number of nitrogens with zero attached hydrogens (tertiary/aromatic N) is 2. The Balaban J connectivity index is 1.42. The van der Waals surface area contributed by atoms with E-state index in [9.17, 15) is 14.7 Å². The number of hydrogen-bond acceptors (Lipinski definition) is 7. The van der Waals surface area contributed by atoms with Crippen LogP contribution in [0.3, 0.4) is 0 Å². The van der Waals surface area contributed by atoms with Gasteiger partial charge in [0.1, 0.15) is 6.10 Å². The van der Waals surface area contributed by atoms with Crippen LogP contribution in [0.1, 0.15) is 42.2 Å². The first-order valence-corrected chi connectivity index (χ1v) is 14.6. The van der Waals surface area contributed by atoms with Crippen LogP contribution in [0.2, 0.25) is 0 Å².